The zero-order valence-electron chi connectivity index (χ0n) is 4.73. The summed E-state index contributed by atoms with van der Waals surface area (Å²) in [7, 11) is 0. The van der Waals surface area contributed by atoms with Crippen LogP contribution in [0.4, 0.5) is 0 Å². The molecular weight excluding hydrogens is 289 g/mol. The Bertz CT molecular complexity index is 73.0. The molecule has 0 radical (unpaired) electrons. The molecule has 0 aliphatic heterocycles. The molecule has 0 saturated carbocycles. The van der Waals surface area contributed by atoms with E-state index in [1.165, 1.54) is 11.3 Å². The van der Waals surface area contributed by atoms with Gasteiger partial charge in [0.05, 0.1) is 0 Å². The first kappa shape index (κ1) is 22.5. The fourth-order valence-electron chi connectivity index (χ4n) is 0.170. The molecule has 0 atom stereocenters. The third kappa shape index (κ3) is 13.2. The van der Waals surface area contributed by atoms with E-state index in [0.29, 0.717) is 0 Å². The van der Waals surface area contributed by atoms with E-state index in [-0.39, 0.29) is 80.1 Å². The topological polar surface area (TPSA) is 0 Å². The van der Waals surface area contributed by atoms with Gasteiger partial charge in [-0.2, -0.15) is 0 Å². The molecule has 0 nitrogen and oxygen atoms in total. The van der Waals surface area contributed by atoms with E-state index in [4.69, 9.17) is 0 Å². The smallest absolute Gasteiger partial charge is 1.00 e. The van der Waals surface area contributed by atoms with Crippen LogP contribution in [-0.2, 0) is 0 Å². The van der Waals surface area contributed by atoms with Crippen molar-refractivity contribution in [3.05, 3.63) is 22.9 Å². The Morgan fingerprint density at radius 2 is 1.22 bits per heavy atom. The number of rotatable bonds is 0. The third-order valence-corrected chi connectivity index (χ3v) is 0.845. The van der Waals surface area contributed by atoms with Crippen molar-refractivity contribution in [3.63, 3.8) is 0 Å². The van der Waals surface area contributed by atoms with Gasteiger partial charge in [-0.3, -0.25) is 0 Å². The van der Waals surface area contributed by atoms with Crippen molar-refractivity contribution in [1.82, 2.24) is 0 Å². The first-order valence-corrected chi connectivity index (χ1v) is 2.14. The summed E-state index contributed by atoms with van der Waals surface area (Å²) < 4.78 is 0. The second-order valence-electron chi connectivity index (χ2n) is 0.671. The molecule has 42 valence electrons. The quantitative estimate of drug-likeness (QED) is 0.331. The van der Waals surface area contributed by atoms with Gasteiger partial charge in [-0.05, 0) is 0 Å². The van der Waals surface area contributed by atoms with Crippen molar-refractivity contribution < 1.29 is 34.0 Å². The number of halogens is 2. The van der Waals surface area contributed by atoms with Gasteiger partial charge >= 0.3 is 46.1 Å². The Morgan fingerprint density at radius 1 is 0.889 bits per heavy atom. The summed E-state index contributed by atoms with van der Waals surface area (Å²) >= 11 is 1.46. The van der Waals surface area contributed by atoms with E-state index in [1.54, 1.807) is 0 Å². The minimum Gasteiger partial charge on any atom is -1.00 e. The van der Waals surface area contributed by atoms with Gasteiger partial charge in [0.25, 0.3) is 0 Å². The molecule has 1 rings (SSSR count). The van der Waals surface area contributed by atoms with Crippen LogP contribution in [0.1, 0.15) is 0 Å². The maximum atomic E-state index is 2.85. The zero-order chi connectivity index (χ0) is 3.54. The molecule has 0 fully saturated rings. The normalized spacial score (nSPS) is 4.44. The van der Waals surface area contributed by atoms with Crippen LogP contribution in [0, 0.1) is 10.8 Å². The maximum absolute atomic E-state index is 2.85. The summed E-state index contributed by atoms with van der Waals surface area (Å²) in [5.74, 6) is 0. The molecule has 9 heavy (non-hydrogen) atoms. The molecule has 0 aliphatic carbocycles. The Kier molecular flexibility index (Phi) is 41.6. The summed E-state index contributed by atoms with van der Waals surface area (Å²) in [5, 5.41) is 5.69. The van der Waals surface area contributed by atoms with Crippen LogP contribution in [0.5, 0.6) is 0 Å². The van der Waals surface area contributed by atoms with Gasteiger partial charge in [-0.1, -0.05) is 0 Å². The molecule has 0 aromatic carbocycles. The van der Waals surface area contributed by atoms with Crippen molar-refractivity contribution in [2.45, 2.75) is 0 Å². The van der Waals surface area contributed by atoms with E-state index in [0.717, 1.165) is 0 Å². The zero-order valence-corrected chi connectivity index (χ0v) is 11.6. The minimum absolute atomic E-state index is 0. The van der Waals surface area contributed by atoms with E-state index in [1.807, 2.05) is 12.1 Å². The monoisotopic (exact) mass is 288 g/mol. The predicted molar refractivity (Wildman–Crippen MR) is 33.5 cm³/mol. The van der Waals surface area contributed by atoms with Crippen molar-refractivity contribution in [3.8, 4) is 0 Å². The fourth-order valence-corrected chi connectivity index (χ4v) is 0.510. The Hall–Kier alpha value is 2.19. The summed E-state index contributed by atoms with van der Waals surface area (Å²) in [6.45, 7) is 0. The van der Waals surface area contributed by atoms with Crippen LogP contribution in [0.25, 0.3) is 0 Å². The fraction of sp³-hybridized carbons (Fsp3) is 0. The molecule has 0 amide bonds. The number of hydrogen-bond acceptors (Lipinski definition) is 1. The molecule has 1 aromatic rings. The van der Waals surface area contributed by atoms with E-state index < -0.39 is 0 Å². The van der Waals surface area contributed by atoms with Crippen LogP contribution in [-0.4, -0.2) is 46.1 Å². The summed E-state index contributed by atoms with van der Waals surface area (Å²) in [6.07, 6.45) is 0. The van der Waals surface area contributed by atoms with Crippen molar-refractivity contribution in [2.75, 3.05) is 0 Å². The first-order valence-electron chi connectivity index (χ1n) is 1.32. The summed E-state index contributed by atoms with van der Waals surface area (Å²) in [4.78, 5) is 0. The average Bonchev–Trinajstić information content (AvgIpc) is 1.76. The van der Waals surface area contributed by atoms with Crippen LogP contribution in [0.2, 0.25) is 0 Å². The molecule has 0 aliphatic rings. The van der Waals surface area contributed by atoms with Crippen LogP contribution in [0.3, 0.4) is 0 Å². The Balaban J connectivity index is -0.0000000312. The molecule has 0 bridgehead atoms. The number of thiophene rings is 1. The molecule has 1 heterocycles. The minimum atomic E-state index is 0. The van der Waals surface area contributed by atoms with Gasteiger partial charge in [-0.25, -0.2) is 0 Å². The Labute approximate surface area is 113 Å². The maximum Gasteiger partial charge on any atom is 2.00 e. The van der Waals surface area contributed by atoms with Crippen LogP contribution < -0.4 is 34.0 Å². The van der Waals surface area contributed by atoms with Gasteiger partial charge in [0, 0.05) is 0 Å². The number of hydrogen-bond donors (Lipinski definition) is 0. The summed E-state index contributed by atoms with van der Waals surface area (Å²) in [5.41, 5.74) is 0. The van der Waals surface area contributed by atoms with Gasteiger partial charge < -0.3 is 68.2 Å². The van der Waals surface area contributed by atoms with Crippen LogP contribution in [0.15, 0.2) is 12.1 Å². The standard InChI is InChI=1S/C4H2S.2BrH.2Mg/c1-2-4-5-3-1;;;;/h1-2H;2*1H;;/q-2;;;2*+2/p-2. The molecule has 0 spiro atoms. The van der Waals surface area contributed by atoms with Crippen molar-refractivity contribution in [1.29, 1.82) is 0 Å². The van der Waals surface area contributed by atoms with E-state index in [2.05, 4.69) is 10.8 Å². The third-order valence-electron chi connectivity index (χ3n) is 0.337. The summed E-state index contributed by atoms with van der Waals surface area (Å²) in [6, 6.07) is 3.68. The molecule has 0 saturated heterocycles. The molecule has 0 unspecified atom stereocenters. The van der Waals surface area contributed by atoms with Crippen molar-refractivity contribution in [2.24, 2.45) is 0 Å². The van der Waals surface area contributed by atoms with E-state index in [9.17, 15) is 0 Å². The SMILES string of the molecule is [Br-].[Br-].[Mg+2].[Mg+2].[c-]1cc[c-]s1. The molecule has 1 aromatic heterocycles. The van der Waals surface area contributed by atoms with Gasteiger partial charge in [0.15, 0.2) is 0 Å². The molecule has 0 N–H and O–H groups in total. The molecular formula is C4H2Br2Mg2S. The molecule has 5 heteroatoms. The second kappa shape index (κ2) is 16.6. The average molecular weight is 291 g/mol. The van der Waals surface area contributed by atoms with E-state index >= 15 is 0 Å². The largest absolute Gasteiger partial charge is 2.00 e. The predicted octanol–water partition coefficient (Wildman–Crippen LogP) is -5.41. The van der Waals surface area contributed by atoms with Crippen molar-refractivity contribution >= 4 is 57.4 Å². The van der Waals surface area contributed by atoms with Crippen LogP contribution >= 0.6 is 11.3 Å². The van der Waals surface area contributed by atoms with Gasteiger partial charge in [0.2, 0.25) is 0 Å². The Morgan fingerprint density at radius 3 is 1.33 bits per heavy atom. The first-order chi connectivity index (χ1) is 2.50. The second-order valence-corrected chi connectivity index (χ2v) is 1.35. The van der Waals surface area contributed by atoms with Gasteiger partial charge in [-0.15, -0.1) is 0 Å². The van der Waals surface area contributed by atoms with Gasteiger partial charge in [0.1, 0.15) is 0 Å².